The van der Waals surface area contributed by atoms with Gasteiger partial charge in [0, 0.05) is 11.4 Å². The molecule has 1 aromatic heterocycles. The van der Waals surface area contributed by atoms with Crippen LogP contribution in [0.4, 0.5) is 0 Å². The molecule has 1 aliphatic rings. The Labute approximate surface area is 110 Å². The van der Waals surface area contributed by atoms with Crippen LogP contribution in [0.1, 0.15) is 39.4 Å². The van der Waals surface area contributed by atoms with Crippen LogP contribution in [-0.2, 0) is 12.8 Å². The van der Waals surface area contributed by atoms with Gasteiger partial charge in [-0.1, -0.05) is 12.2 Å². The maximum absolute atomic E-state index is 11.8. The molecule has 0 bridgehead atoms. The van der Waals surface area contributed by atoms with Gasteiger partial charge in [-0.2, -0.15) is 0 Å². The van der Waals surface area contributed by atoms with Crippen molar-refractivity contribution in [3.8, 4) is 0 Å². The predicted octanol–water partition coefficient (Wildman–Crippen LogP) is 2.03. The Bertz CT molecular complexity index is 418. The smallest absolute Gasteiger partial charge is 0.261 e. The summed E-state index contributed by atoms with van der Waals surface area (Å²) >= 11 is 6.41. The average Bonchev–Trinajstić information content (AvgIpc) is 2.83. The first-order valence-electron chi connectivity index (χ1n) is 5.85. The van der Waals surface area contributed by atoms with E-state index in [0.29, 0.717) is 18.0 Å². The molecule has 0 spiro atoms. The maximum atomic E-state index is 11.8. The standard InChI is InChI=1S/C12H16N2OS2/c13-11(16)5-2-6-14-12(15)10-7-8-3-1-4-9(8)17-10/h7H,1-6H2,(H2,13,16)(H,14,15). The Morgan fingerprint density at radius 1 is 1.53 bits per heavy atom. The Morgan fingerprint density at radius 2 is 2.35 bits per heavy atom. The van der Waals surface area contributed by atoms with E-state index in [9.17, 15) is 4.79 Å². The summed E-state index contributed by atoms with van der Waals surface area (Å²) in [6, 6.07) is 2.04. The van der Waals surface area contributed by atoms with Gasteiger partial charge in [-0.3, -0.25) is 4.79 Å². The lowest BCUT2D eigenvalue weighted by Gasteiger charge is -2.02. The summed E-state index contributed by atoms with van der Waals surface area (Å²) in [5.41, 5.74) is 6.75. The molecule has 1 heterocycles. The van der Waals surface area contributed by atoms with Crippen molar-refractivity contribution >= 4 is 34.5 Å². The van der Waals surface area contributed by atoms with E-state index in [4.69, 9.17) is 18.0 Å². The molecule has 0 unspecified atom stereocenters. The van der Waals surface area contributed by atoms with Crippen LogP contribution in [-0.4, -0.2) is 17.4 Å². The Hall–Kier alpha value is -0.940. The van der Waals surface area contributed by atoms with Gasteiger partial charge >= 0.3 is 0 Å². The molecule has 92 valence electrons. The van der Waals surface area contributed by atoms with Crippen LogP contribution >= 0.6 is 23.6 Å². The number of hydrogen-bond donors (Lipinski definition) is 2. The summed E-state index contributed by atoms with van der Waals surface area (Å²) < 4.78 is 0. The molecule has 0 radical (unpaired) electrons. The monoisotopic (exact) mass is 268 g/mol. The Balaban J connectivity index is 1.81. The number of carbonyl (C=O) groups excluding carboxylic acids is 1. The number of carbonyl (C=O) groups is 1. The van der Waals surface area contributed by atoms with Crippen molar-refractivity contribution in [3.63, 3.8) is 0 Å². The third-order valence-electron chi connectivity index (χ3n) is 2.86. The lowest BCUT2D eigenvalue weighted by atomic mass is 10.2. The normalized spacial score (nSPS) is 13.4. The minimum absolute atomic E-state index is 0.0346. The van der Waals surface area contributed by atoms with Gasteiger partial charge in [-0.25, -0.2) is 0 Å². The molecule has 5 heteroatoms. The molecule has 1 amide bonds. The number of thiophene rings is 1. The van der Waals surface area contributed by atoms with E-state index < -0.39 is 0 Å². The molecule has 0 atom stereocenters. The third-order valence-corrected chi connectivity index (χ3v) is 4.30. The van der Waals surface area contributed by atoms with Crippen LogP contribution in [0, 0.1) is 0 Å². The van der Waals surface area contributed by atoms with E-state index in [-0.39, 0.29) is 5.91 Å². The molecule has 1 aliphatic carbocycles. The van der Waals surface area contributed by atoms with E-state index in [1.165, 1.54) is 16.9 Å². The Kier molecular flexibility index (Phi) is 4.12. The predicted molar refractivity (Wildman–Crippen MR) is 74.7 cm³/mol. The van der Waals surface area contributed by atoms with Crippen molar-refractivity contribution in [1.82, 2.24) is 5.32 Å². The van der Waals surface area contributed by atoms with Crippen LogP contribution < -0.4 is 11.1 Å². The first kappa shape index (κ1) is 12.5. The van der Waals surface area contributed by atoms with E-state index in [0.717, 1.165) is 24.1 Å². The summed E-state index contributed by atoms with van der Waals surface area (Å²) in [5, 5.41) is 2.90. The zero-order valence-electron chi connectivity index (χ0n) is 9.62. The topological polar surface area (TPSA) is 55.1 Å². The maximum Gasteiger partial charge on any atom is 0.261 e. The van der Waals surface area contributed by atoms with Gasteiger partial charge in [0.15, 0.2) is 0 Å². The fraction of sp³-hybridized carbons (Fsp3) is 0.500. The number of nitrogens with two attached hydrogens (primary N) is 1. The summed E-state index contributed by atoms with van der Waals surface area (Å²) in [5.74, 6) is 0.0346. The van der Waals surface area contributed by atoms with Gasteiger partial charge in [0.2, 0.25) is 0 Å². The summed E-state index contributed by atoms with van der Waals surface area (Å²) in [6.45, 7) is 0.638. The second kappa shape index (κ2) is 5.60. The van der Waals surface area contributed by atoms with Crippen molar-refractivity contribution < 1.29 is 4.79 Å². The van der Waals surface area contributed by atoms with Crippen LogP contribution in [0.15, 0.2) is 6.07 Å². The second-order valence-corrected chi connectivity index (χ2v) is 5.90. The van der Waals surface area contributed by atoms with Crippen LogP contribution in [0.3, 0.4) is 0 Å². The number of rotatable bonds is 5. The molecule has 3 N–H and O–H groups in total. The zero-order valence-corrected chi connectivity index (χ0v) is 11.3. The molecule has 2 rings (SSSR count). The minimum Gasteiger partial charge on any atom is -0.393 e. The molecule has 0 aromatic carbocycles. The first-order valence-corrected chi connectivity index (χ1v) is 7.07. The van der Waals surface area contributed by atoms with Crippen molar-refractivity contribution in [3.05, 3.63) is 21.4 Å². The summed E-state index contributed by atoms with van der Waals surface area (Å²) in [6.07, 6.45) is 5.00. The van der Waals surface area contributed by atoms with Gasteiger partial charge in [-0.05, 0) is 43.7 Å². The average molecular weight is 268 g/mol. The second-order valence-electron chi connectivity index (χ2n) is 4.24. The van der Waals surface area contributed by atoms with Gasteiger partial charge in [0.25, 0.3) is 5.91 Å². The van der Waals surface area contributed by atoms with E-state index >= 15 is 0 Å². The lowest BCUT2D eigenvalue weighted by Crippen LogP contribution is -2.24. The zero-order chi connectivity index (χ0) is 12.3. The number of fused-ring (bicyclic) bond motifs is 1. The highest BCUT2D eigenvalue weighted by atomic mass is 32.1. The molecule has 1 aromatic rings. The SMILES string of the molecule is NC(=S)CCCNC(=O)c1cc2c(s1)CCC2. The quantitative estimate of drug-likeness (QED) is 0.634. The van der Waals surface area contributed by atoms with E-state index in [1.807, 2.05) is 6.07 Å². The fourth-order valence-corrected chi connectivity index (χ4v) is 3.31. The van der Waals surface area contributed by atoms with Gasteiger partial charge in [0.05, 0.1) is 9.87 Å². The van der Waals surface area contributed by atoms with Crippen LogP contribution in [0.25, 0.3) is 0 Å². The third kappa shape index (κ3) is 3.26. The number of thiocarbonyl (C=S) groups is 1. The van der Waals surface area contributed by atoms with E-state index in [1.54, 1.807) is 11.3 Å². The van der Waals surface area contributed by atoms with Crippen molar-refractivity contribution in [2.24, 2.45) is 5.73 Å². The highest BCUT2D eigenvalue weighted by Crippen LogP contribution is 2.30. The summed E-state index contributed by atoms with van der Waals surface area (Å²) in [7, 11) is 0. The first-order chi connectivity index (χ1) is 8.16. The number of aryl methyl sites for hydroxylation is 2. The number of hydrogen-bond acceptors (Lipinski definition) is 3. The van der Waals surface area contributed by atoms with Crippen LogP contribution in [0.2, 0.25) is 0 Å². The number of amides is 1. The molecule has 0 aliphatic heterocycles. The highest BCUT2D eigenvalue weighted by molar-refractivity contribution is 7.80. The van der Waals surface area contributed by atoms with Gasteiger partial charge in [0.1, 0.15) is 0 Å². The van der Waals surface area contributed by atoms with Crippen LogP contribution in [0.5, 0.6) is 0 Å². The molecular formula is C12H16N2OS2. The molecule has 0 saturated carbocycles. The lowest BCUT2D eigenvalue weighted by molar-refractivity contribution is 0.0957. The number of nitrogens with one attached hydrogen (secondary N) is 1. The molecule has 17 heavy (non-hydrogen) atoms. The van der Waals surface area contributed by atoms with Crippen molar-refractivity contribution in [2.45, 2.75) is 32.1 Å². The molecule has 0 fully saturated rings. The summed E-state index contributed by atoms with van der Waals surface area (Å²) in [4.78, 5) is 14.6. The Morgan fingerprint density at radius 3 is 3.06 bits per heavy atom. The largest absolute Gasteiger partial charge is 0.393 e. The van der Waals surface area contributed by atoms with Gasteiger partial charge < -0.3 is 11.1 Å². The van der Waals surface area contributed by atoms with Gasteiger partial charge in [-0.15, -0.1) is 11.3 Å². The van der Waals surface area contributed by atoms with Crippen molar-refractivity contribution in [2.75, 3.05) is 6.54 Å². The fourth-order valence-electron chi connectivity index (χ4n) is 1.99. The van der Waals surface area contributed by atoms with Crippen molar-refractivity contribution in [1.29, 1.82) is 0 Å². The molecule has 0 saturated heterocycles. The van der Waals surface area contributed by atoms with E-state index in [2.05, 4.69) is 5.32 Å². The molecular weight excluding hydrogens is 252 g/mol. The minimum atomic E-state index is 0.0346. The molecule has 3 nitrogen and oxygen atoms in total. The highest BCUT2D eigenvalue weighted by Gasteiger charge is 2.17.